The largest absolute Gasteiger partial charge is 0.485 e. The average molecular weight is 311 g/mol. The van der Waals surface area contributed by atoms with Gasteiger partial charge in [-0.1, -0.05) is 43.3 Å². The van der Waals surface area contributed by atoms with Gasteiger partial charge in [0.2, 0.25) is 0 Å². The van der Waals surface area contributed by atoms with Crippen molar-refractivity contribution in [2.24, 2.45) is 5.73 Å². The van der Waals surface area contributed by atoms with Gasteiger partial charge in [-0.15, -0.1) is 11.3 Å². The lowest BCUT2D eigenvalue weighted by Gasteiger charge is -2.19. The molecule has 2 nitrogen and oxygen atoms in total. The van der Waals surface area contributed by atoms with Crippen LogP contribution in [0.2, 0.25) is 0 Å². The fourth-order valence-corrected chi connectivity index (χ4v) is 3.53. The first-order valence-corrected chi connectivity index (χ1v) is 8.61. The van der Waals surface area contributed by atoms with Crippen LogP contribution in [0.4, 0.5) is 0 Å². The molecule has 0 aliphatic rings. The minimum absolute atomic E-state index is 0.0207. The van der Waals surface area contributed by atoms with E-state index in [4.69, 9.17) is 10.5 Å². The maximum absolute atomic E-state index is 6.34. The fourth-order valence-electron chi connectivity index (χ4n) is 2.65. The summed E-state index contributed by atoms with van der Waals surface area (Å²) in [4.78, 5) is 1.39. The molecule has 0 bridgehead atoms. The van der Waals surface area contributed by atoms with Crippen molar-refractivity contribution in [3.8, 4) is 5.75 Å². The molecule has 3 aromatic rings. The molecule has 1 heterocycles. The van der Waals surface area contributed by atoms with Crippen LogP contribution in [0.1, 0.15) is 29.9 Å². The molecular weight excluding hydrogens is 290 g/mol. The third-order valence-electron chi connectivity index (χ3n) is 3.84. The van der Waals surface area contributed by atoms with Crippen LogP contribution in [0.25, 0.3) is 10.8 Å². The lowest BCUT2D eigenvalue weighted by molar-refractivity contribution is 0.201. The van der Waals surface area contributed by atoms with E-state index in [1.54, 1.807) is 11.3 Å². The monoisotopic (exact) mass is 311 g/mol. The fraction of sp³-hybridized carbons (Fsp3) is 0.263. The molecule has 0 saturated carbocycles. The van der Waals surface area contributed by atoms with Crippen LogP contribution in [-0.4, -0.2) is 6.54 Å². The van der Waals surface area contributed by atoms with Crippen LogP contribution in [-0.2, 0) is 6.42 Å². The Morgan fingerprint density at radius 2 is 1.95 bits per heavy atom. The number of hydrogen-bond acceptors (Lipinski definition) is 3. The molecule has 0 saturated heterocycles. The molecule has 0 aliphatic heterocycles. The van der Waals surface area contributed by atoms with Gasteiger partial charge in [-0.05, 0) is 35.9 Å². The summed E-state index contributed by atoms with van der Waals surface area (Å²) in [5.74, 6) is 0.931. The molecule has 22 heavy (non-hydrogen) atoms. The molecule has 0 spiro atoms. The van der Waals surface area contributed by atoms with Crippen molar-refractivity contribution in [2.75, 3.05) is 6.54 Å². The number of thiophene rings is 1. The van der Waals surface area contributed by atoms with Crippen molar-refractivity contribution in [1.82, 2.24) is 0 Å². The van der Waals surface area contributed by atoms with Crippen molar-refractivity contribution >= 4 is 22.1 Å². The number of aryl methyl sites for hydroxylation is 1. The topological polar surface area (TPSA) is 35.2 Å². The third kappa shape index (κ3) is 3.16. The van der Waals surface area contributed by atoms with E-state index < -0.39 is 0 Å². The zero-order valence-electron chi connectivity index (χ0n) is 12.8. The molecule has 0 amide bonds. The molecular formula is C19H21NOS. The highest BCUT2D eigenvalue weighted by Gasteiger charge is 2.15. The molecule has 0 aliphatic carbocycles. The van der Waals surface area contributed by atoms with Gasteiger partial charge in [0.05, 0.1) is 0 Å². The van der Waals surface area contributed by atoms with E-state index >= 15 is 0 Å². The number of rotatable bonds is 6. The normalized spacial score (nSPS) is 12.5. The second kappa shape index (κ2) is 6.95. The zero-order valence-corrected chi connectivity index (χ0v) is 13.6. The first-order valence-electron chi connectivity index (χ1n) is 7.73. The zero-order chi connectivity index (χ0) is 15.4. The van der Waals surface area contributed by atoms with Crippen molar-refractivity contribution in [2.45, 2.75) is 25.9 Å². The van der Waals surface area contributed by atoms with Crippen LogP contribution in [0.5, 0.6) is 5.75 Å². The Hall–Kier alpha value is -1.84. The first-order chi connectivity index (χ1) is 10.8. The molecule has 0 radical (unpaired) electrons. The summed E-state index contributed by atoms with van der Waals surface area (Å²) in [6.07, 6.45) is 1.91. The minimum Gasteiger partial charge on any atom is -0.485 e. The summed E-state index contributed by atoms with van der Waals surface area (Å²) in [6, 6.07) is 16.8. The van der Waals surface area contributed by atoms with Gasteiger partial charge in [0, 0.05) is 22.2 Å². The van der Waals surface area contributed by atoms with Crippen molar-refractivity contribution in [3.63, 3.8) is 0 Å². The maximum atomic E-state index is 6.34. The van der Waals surface area contributed by atoms with Crippen LogP contribution in [0, 0.1) is 0 Å². The van der Waals surface area contributed by atoms with E-state index in [0.717, 1.165) is 24.0 Å². The number of benzene rings is 2. The lowest BCUT2D eigenvalue weighted by atomic mass is 10.1. The van der Waals surface area contributed by atoms with E-state index in [2.05, 4.69) is 42.6 Å². The molecule has 114 valence electrons. The highest BCUT2D eigenvalue weighted by molar-refractivity contribution is 7.10. The summed E-state index contributed by atoms with van der Waals surface area (Å²) >= 11 is 1.80. The van der Waals surface area contributed by atoms with E-state index in [-0.39, 0.29) is 6.10 Å². The Balaban J connectivity index is 1.92. The van der Waals surface area contributed by atoms with Crippen molar-refractivity contribution in [1.29, 1.82) is 0 Å². The first kappa shape index (κ1) is 15.1. The molecule has 3 heteroatoms. The molecule has 0 fully saturated rings. The van der Waals surface area contributed by atoms with Crippen LogP contribution in [0.3, 0.4) is 0 Å². The number of fused-ring (bicyclic) bond motifs is 1. The Morgan fingerprint density at radius 3 is 2.73 bits per heavy atom. The summed E-state index contributed by atoms with van der Waals surface area (Å²) in [5, 5.41) is 4.55. The summed E-state index contributed by atoms with van der Waals surface area (Å²) in [7, 11) is 0. The lowest BCUT2D eigenvalue weighted by Crippen LogP contribution is -2.12. The van der Waals surface area contributed by atoms with E-state index in [0.29, 0.717) is 6.54 Å². The second-order valence-corrected chi connectivity index (χ2v) is 6.36. The molecule has 2 N–H and O–H groups in total. The Kier molecular flexibility index (Phi) is 4.76. The average Bonchev–Trinajstić information content (AvgIpc) is 3.04. The van der Waals surface area contributed by atoms with Crippen LogP contribution >= 0.6 is 11.3 Å². The smallest absolute Gasteiger partial charge is 0.128 e. The predicted octanol–water partition coefficient (Wildman–Crippen LogP) is 4.93. The summed E-state index contributed by atoms with van der Waals surface area (Å²) in [5.41, 5.74) is 7.03. The molecule has 3 rings (SSSR count). The molecule has 1 unspecified atom stereocenters. The standard InChI is InChI=1S/C19H21NOS/c1-2-16-12-15(13-22-16)18(10-11-20)21-19-9-5-7-14-6-3-4-8-17(14)19/h3-9,12-13,18H,2,10-11,20H2,1H3. The predicted molar refractivity (Wildman–Crippen MR) is 94.7 cm³/mol. The van der Waals surface area contributed by atoms with Gasteiger partial charge in [0.25, 0.3) is 0 Å². The van der Waals surface area contributed by atoms with Crippen molar-refractivity contribution in [3.05, 3.63) is 64.4 Å². The highest BCUT2D eigenvalue weighted by atomic mass is 32.1. The second-order valence-electron chi connectivity index (χ2n) is 5.36. The Bertz CT molecular complexity index is 745. The van der Waals surface area contributed by atoms with Crippen molar-refractivity contribution < 1.29 is 4.74 Å². The van der Waals surface area contributed by atoms with Gasteiger partial charge in [0.15, 0.2) is 0 Å². The molecule has 2 aromatic carbocycles. The number of hydrogen-bond donors (Lipinski definition) is 1. The highest BCUT2D eigenvalue weighted by Crippen LogP contribution is 2.32. The minimum atomic E-state index is 0.0207. The van der Waals surface area contributed by atoms with Crippen LogP contribution < -0.4 is 10.5 Å². The van der Waals surface area contributed by atoms with Gasteiger partial charge in [-0.25, -0.2) is 0 Å². The van der Waals surface area contributed by atoms with E-state index in [1.807, 2.05) is 18.2 Å². The summed E-state index contributed by atoms with van der Waals surface area (Å²) < 4.78 is 6.34. The van der Waals surface area contributed by atoms with Gasteiger partial charge in [0.1, 0.15) is 11.9 Å². The van der Waals surface area contributed by atoms with E-state index in [9.17, 15) is 0 Å². The van der Waals surface area contributed by atoms with Gasteiger partial charge < -0.3 is 10.5 Å². The summed E-state index contributed by atoms with van der Waals surface area (Å²) in [6.45, 7) is 2.80. The van der Waals surface area contributed by atoms with Gasteiger partial charge in [-0.3, -0.25) is 0 Å². The maximum Gasteiger partial charge on any atom is 0.128 e. The number of nitrogens with two attached hydrogens (primary N) is 1. The van der Waals surface area contributed by atoms with Crippen LogP contribution in [0.15, 0.2) is 53.9 Å². The Morgan fingerprint density at radius 1 is 1.14 bits per heavy atom. The van der Waals surface area contributed by atoms with E-state index in [1.165, 1.54) is 15.8 Å². The quantitative estimate of drug-likeness (QED) is 0.700. The SMILES string of the molecule is CCc1cc(C(CCN)Oc2cccc3ccccc23)cs1. The van der Waals surface area contributed by atoms with Gasteiger partial charge in [-0.2, -0.15) is 0 Å². The van der Waals surface area contributed by atoms with Gasteiger partial charge >= 0.3 is 0 Å². The third-order valence-corrected chi connectivity index (χ3v) is 4.94. The number of ether oxygens (including phenoxy) is 1. The Labute approximate surface area is 135 Å². The molecule has 1 atom stereocenters. The molecule has 1 aromatic heterocycles.